The number of nitrogens with zero attached hydrogens (tertiary/aromatic N) is 1. The molecule has 1 saturated heterocycles. The van der Waals surface area contributed by atoms with Gasteiger partial charge in [0.15, 0.2) is 0 Å². The number of piperidine rings is 1. The Hall–Kier alpha value is -2.18. The molecule has 2 rings (SSSR count). The summed E-state index contributed by atoms with van der Waals surface area (Å²) in [6.07, 6.45) is -0.624. The van der Waals surface area contributed by atoms with Gasteiger partial charge in [0.25, 0.3) is 5.92 Å². The van der Waals surface area contributed by atoms with Crippen molar-refractivity contribution in [3.8, 4) is 0 Å². The van der Waals surface area contributed by atoms with Gasteiger partial charge < -0.3 is 15.3 Å². The van der Waals surface area contributed by atoms with Crippen molar-refractivity contribution >= 4 is 12.0 Å². The molecule has 1 heterocycles. The van der Waals surface area contributed by atoms with Gasteiger partial charge in [-0.05, 0) is 17.7 Å². The lowest BCUT2D eigenvalue weighted by atomic mass is 10.1. The normalized spacial score (nSPS) is 17.3. The van der Waals surface area contributed by atoms with Gasteiger partial charge in [0.2, 0.25) is 0 Å². The highest BCUT2D eigenvalue weighted by Crippen LogP contribution is 2.27. The number of likely N-dealkylation sites (tertiary alicyclic amines) is 1. The average Bonchev–Trinajstić information content (AvgIpc) is 2.45. The van der Waals surface area contributed by atoms with Gasteiger partial charge in [-0.1, -0.05) is 12.1 Å². The smallest absolute Gasteiger partial charge is 0.335 e. The molecule has 1 aromatic rings. The minimum absolute atomic E-state index is 0.0385. The molecule has 2 N–H and O–H groups in total. The maximum Gasteiger partial charge on any atom is 0.335 e. The Bertz CT molecular complexity index is 522. The van der Waals surface area contributed by atoms with E-state index in [2.05, 4.69) is 5.32 Å². The van der Waals surface area contributed by atoms with Gasteiger partial charge in [-0.2, -0.15) is 0 Å². The van der Waals surface area contributed by atoms with Crippen molar-refractivity contribution in [3.05, 3.63) is 35.4 Å². The van der Waals surface area contributed by atoms with Crippen molar-refractivity contribution in [1.29, 1.82) is 0 Å². The van der Waals surface area contributed by atoms with Crippen molar-refractivity contribution in [3.63, 3.8) is 0 Å². The Morgan fingerprint density at radius 2 is 1.76 bits per heavy atom. The standard InChI is InChI=1S/C14H16F2N2O3/c15-14(16)5-7-18(8-6-14)13(21)17-9-10-1-3-11(4-2-10)12(19)20/h1-4H,5-9H2,(H,17,21)(H,19,20). The molecule has 0 aromatic heterocycles. The number of benzene rings is 1. The van der Waals surface area contributed by atoms with Gasteiger partial charge in [-0.15, -0.1) is 0 Å². The molecule has 0 spiro atoms. The van der Waals surface area contributed by atoms with Crippen molar-refractivity contribution in [2.24, 2.45) is 0 Å². The SMILES string of the molecule is O=C(O)c1ccc(CNC(=O)N2CCC(F)(F)CC2)cc1. The first-order valence-corrected chi connectivity index (χ1v) is 6.60. The molecule has 21 heavy (non-hydrogen) atoms. The number of carboxylic acids is 1. The third-order valence-electron chi connectivity index (χ3n) is 3.43. The van der Waals surface area contributed by atoms with Crippen molar-refractivity contribution < 1.29 is 23.5 Å². The van der Waals surface area contributed by atoms with Crippen LogP contribution in [0.4, 0.5) is 13.6 Å². The summed E-state index contributed by atoms with van der Waals surface area (Å²) in [6, 6.07) is 5.73. The molecule has 0 bridgehead atoms. The van der Waals surface area contributed by atoms with Gasteiger partial charge >= 0.3 is 12.0 Å². The summed E-state index contributed by atoms with van der Waals surface area (Å²) in [5, 5.41) is 11.4. The number of halogens is 2. The lowest BCUT2D eigenvalue weighted by Crippen LogP contribution is -2.47. The van der Waals surface area contributed by atoms with Gasteiger partial charge in [0.05, 0.1) is 5.56 Å². The van der Waals surface area contributed by atoms with Crippen LogP contribution in [0.1, 0.15) is 28.8 Å². The van der Waals surface area contributed by atoms with Crippen LogP contribution in [0.5, 0.6) is 0 Å². The zero-order chi connectivity index (χ0) is 15.5. The van der Waals surface area contributed by atoms with Gasteiger partial charge in [-0.3, -0.25) is 0 Å². The van der Waals surface area contributed by atoms with Crippen LogP contribution < -0.4 is 5.32 Å². The van der Waals surface area contributed by atoms with E-state index < -0.39 is 11.9 Å². The Morgan fingerprint density at radius 1 is 1.19 bits per heavy atom. The lowest BCUT2D eigenvalue weighted by Gasteiger charge is -2.31. The molecule has 1 aliphatic heterocycles. The summed E-state index contributed by atoms with van der Waals surface area (Å²) >= 11 is 0. The van der Waals surface area contributed by atoms with Crippen LogP contribution in [-0.2, 0) is 6.54 Å². The zero-order valence-electron chi connectivity index (χ0n) is 11.3. The van der Waals surface area contributed by atoms with Crippen molar-refractivity contribution in [2.75, 3.05) is 13.1 Å². The minimum atomic E-state index is -2.68. The van der Waals surface area contributed by atoms with Crippen LogP contribution in [-0.4, -0.2) is 41.0 Å². The van der Waals surface area contributed by atoms with E-state index in [0.29, 0.717) is 0 Å². The second-order valence-corrected chi connectivity index (χ2v) is 5.00. The first-order chi connectivity index (χ1) is 9.87. The Labute approximate surface area is 120 Å². The van der Waals surface area contributed by atoms with Crippen LogP contribution in [0, 0.1) is 0 Å². The number of carboxylic acid groups (broad SMARTS) is 1. The van der Waals surface area contributed by atoms with E-state index in [1.807, 2.05) is 0 Å². The van der Waals surface area contributed by atoms with Crippen LogP contribution in [0.25, 0.3) is 0 Å². The van der Waals surface area contributed by atoms with Gasteiger partial charge in [0, 0.05) is 32.5 Å². The van der Waals surface area contributed by atoms with Crippen LogP contribution in [0.15, 0.2) is 24.3 Å². The molecule has 0 saturated carbocycles. The number of rotatable bonds is 3. The van der Waals surface area contributed by atoms with Gasteiger partial charge in [-0.25, -0.2) is 18.4 Å². The first-order valence-electron chi connectivity index (χ1n) is 6.60. The number of carbonyl (C=O) groups is 2. The quantitative estimate of drug-likeness (QED) is 0.899. The molecular weight excluding hydrogens is 282 g/mol. The molecule has 114 valence electrons. The van der Waals surface area contributed by atoms with Crippen LogP contribution in [0.3, 0.4) is 0 Å². The van der Waals surface area contributed by atoms with E-state index >= 15 is 0 Å². The second-order valence-electron chi connectivity index (χ2n) is 5.00. The number of hydrogen-bond donors (Lipinski definition) is 2. The molecule has 0 atom stereocenters. The molecule has 2 amide bonds. The number of nitrogens with one attached hydrogen (secondary N) is 1. The van der Waals surface area contributed by atoms with Crippen LogP contribution >= 0.6 is 0 Å². The topological polar surface area (TPSA) is 69.6 Å². The number of amides is 2. The maximum absolute atomic E-state index is 13.0. The zero-order valence-corrected chi connectivity index (χ0v) is 11.3. The number of hydrogen-bond acceptors (Lipinski definition) is 2. The molecular formula is C14H16F2N2O3. The molecule has 1 fully saturated rings. The monoisotopic (exact) mass is 298 g/mol. The maximum atomic E-state index is 13.0. The summed E-state index contributed by atoms with van der Waals surface area (Å²) in [7, 11) is 0. The largest absolute Gasteiger partial charge is 0.478 e. The predicted molar refractivity (Wildman–Crippen MR) is 71.4 cm³/mol. The van der Waals surface area contributed by atoms with E-state index in [-0.39, 0.29) is 44.1 Å². The summed E-state index contributed by atoms with van der Waals surface area (Å²) < 4.78 is 26.0. The highest BCUT2D eigenvalue weighted by Gasteiger charge is 2.35. The average molecular weight is 298 g/mol. The van der Waals surface area contributed by atoms with E-state index in [1.54, 1.807) is 12.1 Å². The highest BCUT2D eigenvalue weighted by atomic mass is 19.3. The number of urea groups is 1. The molecule has 0 unspecified atom stereocenters. The lowest BCUT2D eigenvalue weighted by molar-refractivity contribution is -0.0469. The Morgan fingerprint density at radius 3 is 2.29 bits per heavy atom. The first kappa shape index (κ1) is 15.2. The van der Waals surface area contributed by atoms with E-state index in [0.717, 1.165) is 5.56 Å². The Balaban J connectivity index is 1.82. The molecule has 1 aromatic carbocycles. The molecule has 1 aliphatic rings. The molecule has 0 radical (unpaired) electrons. The molecule has 5 nitrogen and oxygen atoms in total. The van der Waals surface area contributed by atoms with E-state index in [1.165, 1.54) is 17.0 Å². The fourth-order valence-electron chi connectivity index (χ4n) is 2.09. The number of carbonyl (C=O) groups excluding carboxylic acids is 1. The van der Waals surface area contributed by atoms with Crippen molar-refractivity contribution in [1.82, 2.24) is 10.2 Å². The summed E-state index contributed by atoms with van der Waals surface area (Å²) in [5.74, 6) is -3.69. The van der Waals surface area contributed by atoms with Gasteiger partial charge in [0.1, 0.15) is 0 Å². The van der Waals surface area contributed by atoms with Crippen molar-refractivity contribution in [2.45, 2.75) is 25.3 Å². The number of aromatic carboxylic acids is 1. The van der Waals surface area contributed by atoms with Crippen LogP contribution in [0.2, 0.25) is 0 Å². The molecule has 7 heteroatoms. The van der Waals surface area contributed by atoms with E-state index in [9.17, 15) is 18.4 Å². The molecule has 0 aliphatic carbocycles. The third kappa shape index (κ3) is 4.14. The fraction of sp³-hybridized carbons (Fsp3) is 0.429. The summed E-state index contributed by atoms with van der Waals surface area (Å²) in [4.78, 5) is 23.9. The second kappa shape index (κ2) is 6.07. The number of alkyl halides is 2. The predicted octanol–water partition coefficient (Wildman–Crippen LogP) is 2.33. The minimum Gasteiger partial charge on any atom is -0.478 e. The fourth-order valence-corrected chi connectivity index (χ4v) is 2.09. The summed E-state index contributed by atoms with van der Waals surface area (Å²) in [6.45, 7) is 0.305. The highest BCUT2D eigenvalue weighted by molar-refractivity contribution is 5.87. The Kier molecular flexibility index (Phi) is 4.40. The summed E-state index contributed by atoms with van der Waals surface area (Å²) in [5.41, 5.74) is 0.916. The van der Waals surface area contributed by atoms with E-state index in [4.69, 9.17) is 5.11 Å². The third-order valence-corrected chi connectivity index (χ3v) is 3.43.